The average Bonchev–Trinajstić information content (AvgIpc) is 2.46. The first-order valence-electron chi connectivity index (χ1n) is 4.65. The van der Waals surface area contributed by atoms with Crippen molar-refractivity contribution in [1.82, 2.24) is 5.32 Å². The van der Waals surface area contributed by atoms with Crippen molar-refractivity contribution in [2.45, 2.75) is 44.8 Å². The second-order valence-corrected chi connectivity index (χ2v) is 3.24. The molecule has 2 atom stereocenters. The Kier molecular flexibility index (Phi) is 4.13. The predicted molar refractivity (Wildman–Crippen MR) is 49.7 cm³/mol. The Bertz CT molecular complexity index is 180. The van der Waals surface area contributed by atoms with Crippen LogP contribution in [0.3, 0.4) is 0 Å². The highest BCUT2D eigenvalue weighted by molar-refractivity contribution is 4.95. The molecular formula is C10H17NO. The maximum Gasteiger partial charge on any atom is 0.0693 e. The van der Waals surface area contributed by atoms with E-state index < -0.39 is 0 Å². The van der Waals surface area contributed by atoms with E-state index >= 15 is 0 Å². The Morgan fingerprint density at radius 1 is 1.50 bits per heavy atom. The Labute approximate surface area is 74.4 Å². The van der Waals surface area contributed by atoms with Crippen molar-refractivity contribution in [1.29, 1.82) is 0 Å². The van der Waals surface area contributed by atoms with Crippen LogP contribution in [0.25, 0.3) is 0 Å². The molecule has 2 heteroatoms. The molecule has 0 amide bonds. The summed E-state index contributed by atoms with van der Waals surface area (Å²) in [6.07, 6.45) is 3.98. The van der Waals surface area contributed by atoms with Gasteiger partial charge in [-0.05, 0) is 26.2 Å². The van der Waals surface area contributed by atoms with Crippen LogP contribution in [0, 0.1) is 11.8 Å². The van der Waals surface area contributed by atoms with E-state index in [2.05, 4.69) is 17.2 Å². The minimum absolute atomic E-state index is 0.125. The van der Waals surface area contributed by atoms with Crippen LogP contribution in [0.5, 0.6) is 0 Å². The molecule has 1 rings (SSSR count). The first-order valence-corrected chi connectivity index (χ1v) is 4.65. The van der Waals surface area contributed by atoms with Crippen molar-refractivity contribution in [3.63, 3.8) is 0 Å². The smallest absolute Gasteiger partial charge is 0.0693 e. The van der Waals surface area contributed by atoms with Crippen molar-refractivity contribution in [2.24, 2.45) is 0 Å². The molecule has 2 N–H and O–H groups in total. The number of nitrogens with one attached hydrogen (secondary N) is 1. The van der Waals surface area contributed by atoms with Gasteiger partial charge >= 0.3 is 0 Å². The van der Waals surface area contributed by atoms with Gasteiger partial charge in [0.05, 0.1) is 6.10 Å². The molecular weight excluding hydrogens is 150 g/mol. The molecule has 2 nitrogen and oxygen atoms in total. The minimum atomic E-state index is -0.125. The van der Waals surface area contributed by atoms with E-state index in [1.165, 1.54) is 0 Å². The van der Waals surface area contributed by atoms with Gasteiger partial charge in [-0.25, -0.2) is 0 Å². The summed E-state index contributed by atoms with van der Waals surface area (Å²) < 4.78 is 0. The zero-order valence-corrected chi connectivity index (χ0v) is 7.64. The topological polar surface area (TPSA) is 32.3 Å². The number of aliphatic hydroxyl groups is 1. The molecule has 1 saturated carbocycles. The van der Waals surface area contributed by atoms with Crippen LogP contribution in [-0.4, -0.2) is 23.8 Å². The van der Waals surface area contributed by atoms with E-state index in [1.54, 1.807) is 0 Å². The molecule has 0 radical (unpaired) electrons. The van der Waals surface area contributed by atoms with Crippen LogP contribution in [0.15, 0.2) is 0 Å². The van der Waals surface area contributed by atoms with E-state index in [0.29, 0.717) is 6.04 Å². The summed E-state index contributed by atoms with van der Waals surface area (Å²) in [5, 5.41) is 12.8. The van der Waals surface area contributed by atoms with Crippen molar-refractivity contribution in [3.05, 3.63) is 0 Å². The van der Waals surface area contributed by atoms with E-state index in [1.807, 2.05) is 6.92 Å². The van der Waals surface area contributed by atoms with Gasteiger partial charge < -0.3 is 10.4 Å². The van der Waals surface area contributed by atoms with Gasteiger partial charge in [0.2, 0.25) is 0 Å². The van der Waals surface area contributed by atoms with Crippen LogP contribution in [-0.2, 0) is 0 Å². The maximum atomic E-state index is 9.45. The summed E-state index contributed by atoms with van der Waals surface area (Å²) in [5.74, 6) is 5.84. The Morgan fingerprint density at radius 3 is 2.92 bits per heavy atom. The third-order valence-corrected chi connectivity index (χ3v) is 2.31. The van der Waals surface area contributed by atoms with Crippen LogP contribution < -0.4 is 5.32 Å². The lowest BCUT2D eigenvalue weighted by Gasteiger charge is -2.14. The minimum Gasteiger partial charge on any atom is -0.392 e. The molecule has 0 aromatic heterocycles. The van der Waals surface area contributed by atoms with Gasteiger partial charge in [0.15, 0.2) is 0 Å². The molecule has 12 heavy (non-hydrogen) atoms. The van der Waals surface area contributed by atoms with E-state index in [0.717, 1.165) is 32.2 Å². The normalized spacial score (nSPS) is 28.2. The van der Waals surface area contributed by atoms with Crippen LogP contribution in [0.1, 0.15) is 32.6 Å². The molecule has 0 aliphatic heterocycles. The zero-order valence-electron chi connectivity index (χ0n) is 7.64. The number of hydrogen-bond acceptors (Lipinski definition) is 2. The number of hydrogen-bond donors (Lipinski definition) is 2. The van der Waals surface area contributed by atoms with E-state index in [4.69, 9.17) is 0 Å². The molecule has 68 valence electrons. The molecule has 0 aromatic rings. The van der Waals surface area contributed by atoms with E-state index in [9.17, 15) is 5.11 Å². The summed E-state index contributed by atoms with van der Waals surface area (Å²) in [6.45, 7) is 2.76. The second kappa shape index (κ2) is 5.18. The van der Waals surface area contributed by atoms with E-state index in [-0.39, 0.29) is 6.10 Å². The van der Waals surface area contributed by atoms with Crippen molar-refractivity contribution >= 4 is 0 Å². The monoisotopic (exact) mass is 167 g/mol. The lowest BCUT2D eigenvalue weighted by Crippen LogP contribution is -2.35. The Balaban J connectivity index is 2.08. The molecule has 0 spiro atoms. The van der Waals surface area contributed by atoms with Gasteiger partial charge in [-0.15, -0.1) is 11.8 Å². The highest BCUT2D eigenvalue weighted by atomic mass is 16.3. The van der Waals surface area contributed by atoms with Crippen LogP contribution in [0.2, 0.25) is 0 Å². The van der Waals surface area contributed by atoms with Gasteiger partial charge in [-0.2, -0.15) is 0 Å². The number of rotatable bonds is 3. The van der Waals surface area contributed by atoms with Gasteiger partial charge in [0, 0.05) is 19.0 Å². The van der Waals surface area contributed by atoms with Gasteiger partial charge in [-0.1, -0.05) is 0 Å². The first kappa shape index (κ1) is 9.57. The van der Waals surface area contributed by atoms with Crippen molar-refractivity contribution < 1.29 is 5.11 Å². The lowest BCUT2D eigenvalue weighted by molar-refractivity contribution is 0.150. The fourth-order valence-corrected chi connectivity index (χ4v) is 1.62. The Morgan fingerprint density at radius 2 is 2.33 bits per heavy atom. The van der Waals surface area contributed by atoms with Gasteiger partial charge in [0.25, 0.3) is 0 Å². The predicted octanol–water partition coefficient (Wildman–Crippen LogP) is 0.903. The molecule has 0 aromatic carbocycles. The third-order valence-electron chi connectivity index (χ3n) is 2.31. The quantitative estimate of drug-likeness (QED) is 0.483. The summed E-state index contributed by atoms with van der Waals surface area (Å²) in [6, 6.07) is 0.323. The second-order valence-electron chi connectivity index (χ2n) is 3.24. The molecule has 0 heterocycles. The fraction of sp³-hybridized carbons (Fsp3) is 0.800. The number of aliphatic hydroxyl groups excluding tert-OH is 1. The SMILES string of the molecule is CC#CCCN[C@@H]1CCC[C@H]1O. The lowest BCUT2D eigenvalue weighted by atomic mass is 10.2. The summed E-state index contributed by atoms with van der Waals surface area (Å²) >= 11 is 0. The zero-order chi connectivity index (χ0) is 8.81. The Hall–Kier alpha value is -0.520. The van der Waals surface area contributed by atoms with Gasteiger partial charge in [0.1, 0.15) is 0 Å². The van der Waals surface area contributed by atoms with Crippen LogP contribution >= 0.6 is 0 Å². The highest BCUT2D eigenvalue weighted by Crippen LogP contribution is 2.18. The largest absolute Gasteiger partial charge is 0.392 e. The summed E-state index contributed by atoms with van der Waals surface area (Å²) in [5.41, 5.74) is 0. The molecule has 1 aliphatic rings. The molecule has 0 bridgehead atoms. The highest BCUT2D eigenvalue weighted by Gasteiger charge is 2.23. The molecule has 1 fully saturated rings. The first-order chi connectivity index (χ1) is 5.84. The van der Waals surface area contributed by atoms with Crippen LogP contribution in [0.4, 0.5) is 0 Å². The van der Waals surface area contributed by atoms with Gasteiger partial charge in [-0.3, -0.25) is 0 Å². The standard InChI is InChI=1S/C10H17NO/c1-2-3-4-8-11-9-6-5-7-10(9)12/h9-12H,4-8H2,1H3/t9-,10-/m1/s1. The maximum absolute atomic E-state index is 9.45. The summed E-state index contributed by atoms with van der Waals surface area (Å²) in [7, 11) is 0. The van der Waals surface area contributed by atoms with Crippen molar-refractivity contribution in [2.75, 3.05) is 6.54 Å². The molecule has 0 saturated heterocycles. The van der Waals surface area contributed by atoms with Crippen molar-refractivity contribution in [3.8, 4) is 11.8 Å². The third kappa shape index (κ3) is 2.84. The fourth-order valence-electron chi connectivity index (χ4n) is 1.62. The summed E-state index contributed by atoms with van der Waals surface area (Å²) in [4.78, 5) is 0. The average molecular weight is 167 g/mol. The molecule has 1 aliphatic carbocycles. The molecule has 0 unspecified atom stereocenters.